The van der Waals surface area contributed by atoms with Gasteiger partial charge in [-0.3, -0.25) is 14.4 Å². The van der Waals surface area contributed by atoms with Crippen molar-refractivity contribution in [2.45, 2.75) is 12.1 Å². The number of fused-ring (bicyclic) bond motifs is 1. The molecule has 4 aromatic carbocycles. The van der Waals surface area contributed by atoms with Gasteiger partial charge in [-0.15, -0.1) is 0 Å². The molecule has 2 saturated heterocycles. The SMILES string of the molecule is COc1cc([C@H]2[C@H]3C(=O)N(c4ccc(F)cc4)C(=O)[C@H]3ON2c2ccccc2)ccc1OC(=O)c1ccccc1. The zero-order valence-electron chi connectivity index (χ0n) is 21.3. The highest BCUT2D eigenvalue weighted by Crippen LogP contribution is 2.48. The van der Waals surface area contributed by atoms with Crippen LogP contribution in [0.1, 0.15) is 22.0 Å². The minimum Gasteiger partial charge on any atom is -0.493 e. The van der Waals surface area contributed by atoms with Gasteiger partial charge in [-0.2, -0.15) is 0 Å². The molecule has 2 amide bonds. The number of ether oxygens (including phenoxy) is 2. The molecule has 0 unspecified atom stereocenters. The first-order valence-electron chi connectivity index (χ1n) is 12.6. The lowest BCUT2D eigenvalue weighted by atomic mass is 9.90. The fourth-order valence-electron chi connectivity index (χ4n) is 5.08. The second-order valence-corrected chi connectivity index (χ2v) is 9.31. The average molecular weight is 539 g/mol. The standard InChI is InChI=1S/C31H23FN2O6/c1-38-25-18-20(12-17-24(25)39-31(37)19-8-4-2-5-9-19)27-26-28(40-34(27)23-10-6-3-7-11-23)30(36)33(29(26)35)22-15-13-21(32)14-16-22/h2-18,26-28H,1H3/t26-,27+,28+/m1/s1. The molecule has 2 heterocycles. The maximum absolute atomic E-state index is 13.8. The molecule has 2 aliphatic heterocycles. The lowest BCUT2D eigenvalue weighted by molar-refractivity contribution is -0.126. The van der Waals surface area contributed by atoms with E-state index in [1.54, 1.807) is 53.6 Å². The molecular formula is C31H23FN2O6. The Balaban J connectivity index is 1.38. The Labute approximate surface area is 229 Å². The number of hydrogen-bond acceptors (Lipinski definition) is 7. The zero-order valence-corrected chi connectivity index (χ0v) is 21.3. The van der Waals surface area contributed by atoms with Gasteiger partial charge in [0, 0.05) is 0 Å². The van der Waals surface area contributed by atoms with Crippen LogP contribution in [-0.4, -0.2) is 31.0 Å². The minimum atomic E-state index is -1.09. The lowest BCUT2D eigenvalue weighted by Gasteiger charge is -2.29. The van der Waals surface area contributed by atoms with Crippen LogP contribution in [0.4, 0.5) is 15.8 Å². The number of benzene rings is 4. The summed E-state index contributed by atoms with van der Waals surface area (Å²) in [7, 11) is 1.45. The van der Waals surface area contributed by atoms with E-state index in [4.69, 9.17) is 14.3 Å². The molecule has 0 saturated carbocycles. The number of imide groups is 1. The van der Waals surface area contributed by atoms with E-state index < -0.39 is 41.7 Å². The van der Waals surface area contributed by atoms with E-state index >= 15 is 0 Å². The van der Waals surface area contributed by atoms with Gasteiger partial charge in [0.1, 0.15) is 11.7 Å². The molecule has 200 valence electrons. The molecule has 4 aromatic rings. The van der Waals surface area contributed by atoms with Crippen molar-refractivity contribution in [3.05, 3.63) is 120 Å². The molecule has 6 rings (SSSR count). The number of para-hydroxylation sites is 1. The third kappa shape index (κ3) is 4.36. The summed E-state index contributed by atoms with van der Waals surface area (Å²) < 4.78 is 24.7. The highest BCUT2D eigenvalue weighted by molar-refractivity contribution is 6.23. The number of esters is 1. The van der Waals surface area contributed by atoms with Gasteiger partial charge in [-0.05, 0) is 66.2 Å². The van der Waals surface area contributed by atoms with Crippen LogP contribution in [0.5, 0.6) is 11.5 Å². The van der Waals surface area contributed by atoms with Crippen molar-refractivity contribution in [2.75, 3.05) is 17.1 Å². The van der Waals surface area contributed by atoms with E-state index in [1.165, 1.54) is 31.4 Å². The van der Waals surface area contributed by atoms with Crippen molar-refractivity contribution in [1.29, 1.82) is 0 Å². The summed E-state index contributed by atoms with van der Waals surface area (Å²) in [6.45, 7) is 0. The quantitative estimate of drug-likeness (QED) is 0.192. The molecule has 0 aromatic heterocycles. The molecule has 0 spiro atoms. The second kappa shape index (κ2) is 10.3. The number of nitrogens with zero attached hydrogens (tertiary/aromatic N) is 2. The van der Waals surface area contributed by atoms with Gasteiger partial charge in [-0.25, -0.2) is 19.1 Å². The number of hydrogen-bond donors (Lipinski definition) is 0. The van der Waals surface area contributed by atoms with Crippen LogP contribution in [0.15, 0.2) is 103 Å². The van der Waals surface area contributed by atoms with Crippen LogP contribution >= 0.6 is 0 Å². The van der Waals surface area contributed by atoms with Crippen LogP contribution < -0.4 is 19.4 Å². The second-order valence-electron chi connectivity index (χ2n) is 9.31. The number of amides is 2. The van der Waals surface area contributed by atoms with Crippen LogP contribution in [0.25, 0.3) is 0 Å². The molecular weight excluding hydrogens is 515 g/mol. The number of halogens is 1. The van der Waals surface area contributed by atoms with Crippen molar-refractivity contribution >= 4 is 29.2 Å². The normalized spacial score (nSPS) is 20.0. The molecule has 40 heavy (non-hydrogen) atoms. The van der Waals surface area contributed by atoms with E-state index in [0.29, 0.717) is 16.8 Å². The van der Waals surface area contributed by atoms with Crippen LogP contribution in [0.3, 0.4) is 0 Å². The first kappa shape index (κ1) is 25.3. The molecule has 2 aliphatic rings. The monoisotopic (exact) mass is 538 g/mol. The van der Waals surface area contributed by atoms with E-state index in [-0.39, 0.29) is 17.2 Å². The van der Waals surface area contributed by atoms with Crippen molar-refractivity contribution in [3.8, 4) is 11.5 Å². The summed E-state index contributed by atoms with van der Waals surface area (Å²) in [4.78, 5) is 47.1. The summed E-state index contributed by atoms with van der Waals surface area (Å²) in [5, 5.41) is 1.55. The fraction of sp³-hybridized carbons (Fsp3) is 0.129. The van der Waals surface area contributed by atoms with E-state index in [1.807, 2.05) is 30.3 Å². The Morgan fingerprint density at radius 2 is 1.48 bits per heavy atom. The van der Waals surface area contributed by atoms with Gasteiger partial charge in [0.25, 0.3) is 5.91 Å². The molecule has 0 radical (unpaired) electrons. The third-order valence-electron chi connectivity index (χ3n) is 6.95. The van der Waals surface area contributed by atoms with E-state index in [2.05, 4.69) is 0 Å². The van der Waals surface area contributed by atoms with Gasteiger partial charge in [0.2, 0.25) is 5.91 Å². The van der Waals surface area contributed by atoms with E-state index in [0.717, 1.165) is 4.90 Å². The fourth-order valence-corrected chi connectivity index (χ4v) is 5.08. The molecule has 8 nitrogen and oxygen atoms in total. The minimum absolute atomic E-state index is 0.198. The summed E-state index contributed by atoms with van der Waals surface area (Å²) >= 11 is 0. The highest BCUT2D eigenvalue weighted by atomic mass is 19.1. The predicted molar refractivity (Wildman–Crippen MR) is 143 cm³/mol. The molecule has 0 N–H and O–H groups in total. The summed E-state index contributed by atoms with van der Waals surface area (Å²) in [6, 6.07) is 27.1. The number of rotatable bonds is 6. The van der Waals surface area contributed by atoms with Gasteiger partial charge in [-0.1, -0.05) is 42.5 Å². The smallest absolute Gasteiger partial charge is 0.343 e. The maximum atomic E-state index is 13.8. The topological polar surface area (TPSA) is 85.4 Å². The number of carbonyl (C=O) groups is 3. The van der Waals surface area contributed by atoms with Gasteiger partial charge < -0.3 is 9.47 Å². The summed E-state index contributed by atoms with van der Waals surface area (Å²) in [6.07, 6.45) is -1.09. The first-order chi connectivity index (χ1) is 19.5. The number of carbonyl (C=O) groups excluding carboxylic acids is 3. The van der Waals surface area contributed by atoms with Crippen molar-refractivity contribution in [2.24, 2.45) is 5.92 Å². The van der Waals surface area contributed by atoms with E-state index in [9.17, 15) is 18.8 Å². The molecule has 2 fully saturated rings. The molecule has 9 heteroatoms. The summed E-state index contributed by atoms with van der Waals surface area (Å²) in [5.74, 6) is -2.47. The zero-order chi connectivity index (χ0) is 27.8. The molecule has 0 aliphatic carbocycles. The average Bonchev–Trinajstić information content (AvgIpc) is 3.50. The van der Waals surface area contributed by atoms with Crippen molar-refractivity contribution in [1.82, 2.24) is 0 Å². The lowest BCUT2D eigenvalue weighted by Crippen LogP contribution is -2.37. The predicted octanol–water partition coefficient (Wildman–Crippen LogP) is 5.10. The van der Waals surface area contributed by atoms with Crippen molar-refractivity contribution in [3.63, 3.8) is 0 Å². The Morgan fingerprint density at radius 3 is 2.15 bits per heavy atom. The number of hydroxylamine groups is 1. The first-order valence-corrected chi connectivity index (χ1v) is 12.6. The maximum Gasteiger partial charge on any atom is 0.343 e. The Bertz CT molecular complexity index is 1580. The molecule has 0 bridgehead atoms. The van der Waals surface area contributed by atoms with Gasteiger partial charge in [0.15, 0.2) is 17.6 Å². The van der Waals surface area contributed by atoms with Gasteiger partial charge >= 0.3 is 5.97 Å². The Morgan fingerprint density at radius 1 is 0.800 bits per heavy atom. The third-order valence-corrected chi connectivity index (χ3v) is 6.95. The Kier molecular flexibility index (Phi) is 6.49. The number of anilines is 2. The van der Waals surface area contributed by atoms with Crippen LogP contribution in [0.2, 0.25) is 0 Å². The van der Waals surface area contributed by atoms with Crippen LogP contribution in [-0.2, 0) is 14.4 Å². The van der Waals surface area contributed by atoms with Gasteiger partial charge in [0.05, 0.1) is 30.1 Å². The Hall–Kier alpha value is -5.02. The molecule has 3 atom stereocenters. The highest BCUT2D eigenvalue weighted by Gasteiger charge is 2.60. The summed E-state index contributed by atoms with van der Waals surface area (Å²) in [5.41, 5.74) is 1.90. The van der Waals surface area contributed by atoms with Crippen LogP contribution in [0, 0.1) is 11.7 Å². The van der Waals surface area contributed by atoms with Crippen molar-refractivity contribution < 1.29 is 33.1 Å². The number of methoxy groups -OCH3 is 1. The largest absolute Gasteiger partial charge is 0.493 e.